The van der Waals surface area contributed by atoms with Gasteiger partial charge in [0, 0.05) is 11.8 Å². The fourth-order valence-electron chi connectivity index (χ4n) is 3.65. The molecule has 0 saturated heterocycles. The van der Waals surface area contributed by atoms with Crippen LogP contribution in [0.15, 0.2) is 73.1 Å². The van der Waals surface area contributed by atoms with Gasteiger partial charge in [-0.1, -0.05) is 24.3 Å². The maximum Gasteiger partial charge on any atom is 0.256 e. The Morgan fingerprint density at radius 2 is 1.75 bits per heavy atom. The highest BCUT2D eigenvalue weighted by atomic mass is 16.1. The molecule has 2 aromatic carbocycles. The summed E-state index contributed by atoms with van der Waals surface area (Å²) in [5.41, 5.74) is 6.11. The number of fused-ring (bicyclic) bond motifs is 3. The second-order valence-corrected chi connectivity index (χ2v) is 7.68. The van der Waals surface area contributed by atoms with Crippen molar-refractivity contribution in [3.8, 4) is 0 Å². The Hall–Kier alpha value is -4.26. The van der Waals surface area contributed by atoms with Crippen molar-refractivity contribution in [2.75, 3.05) is 10.6 Å². The molecule has 2 N–H and O–H groups in total. The number of benzene rings is 2. The molecular weight excluding hydrogens is 400 g/mol. The summed E-state index contributed by atoms with van der Waals surface area (Å²) >= 11 is 0. The number of aryl methyl sites for hydroxylation is 2. The number of anilines is 2. The number of hydrogen-bond donors (Lipinski definition) is 2. The first-order valence-corrected chi connectivity index (χ1v) is 10.4. The molecule has 5 rings (SSSR count). The molecule has 7 nitrogen and oxygen atoms in total. The first-order chi connectivity index (χ1) is 15.6. The van der Waals surface area contributed by atoms with Crippen molar-refractivity contribution in [2.45, 2.75) is 20.4 Å². The van der Waals surface area contributed by atoms with Crippen molar-refractivity contribution < 1.29 is 4.79 Å². The van der Waals surface area contributed by atoms with Gasteiger partial charge in [0.15, 0.2) is 11.5 Å². The number of pyridine rings is 1. The number of amides is 1. The molecule has 5 aromatic rings. The first kappa shape index (κ1) is 19.7. The molecule has 0 aliphatic carbocycles. The largest absolute Gasteiger partial charge is 0.361 e. The average molecular weight is 422 g/mol. The molecule has 3 aromatic heterocycles. The summed E-state index contributed by atoms with van der Waals surface area (Å²) in [7, 11) is 0. The predicted octanol–water partition coefficient (Wildman–Crippen LogP) is 4.76. The lowest BCUT2D eigenvalue weighted by molar-refractivity contribution is 0.102. The van der Waals surface area contributed by atoms with E-state index in [1.54, 1.807) is 24.5 Å². The lowest BCUT2D eigenvalue weighted by Gasteiger charge is -2.13. The van der Waals surface area contributed by atoms with E-state index >= 15 is 0 Å². The first-order valence-electron chi connectivity index (χ1n) is 10.4. The molecule has 0 aliphatic rings. The fraction of sp³-hybridized carbons (Fsp3) is 0.120. The van der Waals surface area contributed by atoms with Crippen LogP contribution in [0.25, 0.3) is 16.7 Å². The van der Waals surface area contributed by atoms with Gasteiger partial charge in [-0.3, -0.25) is 14.2 Å². The smallest absolute Gasteiger partial charge is 0.256 e. The molecule has 0 fully saturated rings. The summed E-state index contributed by atoms with van der Waals surface area (Å²) in [6.07, 6.45) is 3.43. The van der Waals surface area contributed by atoms with Crippen LogP contribution in [0, 0.1) is 13.8 Å². The van der Waals surface area contributed by atoms with E-state index in [2.05, 4.69) is 46.6 Å². The van der Waals surface area contributed by atoms with Crippen LogP contribution in [0.5, 0.6) is 0 Å². The molecule has 1 amide bonds. The van der Waals surface area contributed by atoms with E-state index < -0.39 is 0 Å². The molecule has 0 bridgehead atoms. The lowest BCUT2D eigenvalue weighted by Crippen LogP contribution is -2.14. The minimum absolute atomic E-state index is 0.191. The molecule has 158 valence electrons. The van der Waals surface area contributed by atoms with Gasteiger partial charge in [-0.2, -0.15) is 0 Å². The van der Waals surface area contributed by atoms with Gasteiger partial charge in [0.2, 0.25) is 0 Å². The van der Waals surface area contributed by atoms with E-state index in [-0.39, 0.29) is 5.91 Å². The summed E-state index contributed by atoms with van der Waals surface area (Å²) in [5, 5.41) is 6.36. The number of carbonyl (C=O) groups excluding carboxylic acids is 1. The van der Waals surface area contributed by atoms with E-state index in [4.69, 9.17) is 4.98 Å². The number of carbonyl (C=O) groups is 1. The minimum atomic E-state index is -0.191. The maximum absolute atomic E-state index is 12.8. The van der Waals surface area contributed by atoms with Gasteiger partial charge in [0.25, 0.3) is 5.91 Å². The van der Waals surface area contributed by atoms with Crippen molar-refractivity contribution in [3.05, 3.63) is 95.4 Å². The third-order valence-electron chi connectivity index (χ3n) is 5.48. The van der Waals surface area contributed by atoms with Crippen LogP contribution >= 0.6 is 0 Å². The van der Waals surface area contributed by atoms with E-state index in [1.165, 1.54) is 0 Å². The van der Waals surface area contributed by atoms with Crippen molar-refractivity contribution in [3.63, 3.8) is 0 Å². The SMILES string of the molecule is Cc1cc2nc(NCc3ccccn3)c3ncc(NC(=O)c4ccccc4)n3c2cc1C. The zero-order valence-corrected chi connectivity index (χ0v) is 17.8. The number of nitrogens with zero attached hydrogens (tertiary/aromatic N) is 4. The topological polar surface area (TPSA) is 84.2 Å². The number of imidazole rings is 1. The van der Waals surface area contributed by atoms with E-state index in [0.29, 0.717) is 29.4 Å². The molecule has 7 heteroatoms. The standard InChI is InChI=1S/C25H22N6O/c1-16-12-20-21(13-17(16)2)31-22(30-25(32)18-8-4-3-5-9-18)15-28-24(31)23(29-20)27-14-19-10-6-7-11-26-19/h3-13,15H,14H2,1-2H3,(H,27,29)(H,30,32). The Balaban J connectivity index is 1.61. The number of hydrogen-bond acceptors (Lipinski definition) is 5. The van der Waals surface area contributed by atoms with Gasteiger partial charge in [-0.05, 0) is 61.4 Å². The Morgan fingerprint density at radius 1 is 0.969 bits per heavy atom. The normalized spacial score (nSPS) is 11.1. The van der Waals surface area contributed by atoms with Crippen LogP contribution in [-0.4, -0.2) is 25.3 Å². The summed E-state index contributed by atoms with van der Waals surface area (Å²) < 4.78 is 1.94. The average Bonchev–Trinajstić information content (AvgIpc) is 3.24. The van der Waals surface area contributed by atoms with Crippen LogP contribution in [0.1, 0.15) is 27.2 Å². The highest BCUT2D eigenvalue weighted by Crippen LogP contribution is 2.27. The molecule has 0 atom stereocenters. The number of aromatic nitrogens is 4. The highest BCUT2D eigenvalue weighted by Gasteiger charge is 2.17. The van der Waals surface area contributed by atoms with Gasteiger partial charge in [-0.25, -0.2) is 9.97 Å². The van der Waals surface area contributed by atoms with Crippen LogP contribution in [0.4, 0.5) is 11.6 Å². The molecule has 0 spiro atoms. The molecule has 0 radical (unpaired) electrons. The Bertz CT molecular complexity index is 1430. The summed E-state index contributed by atoms with van der Waals surface area (Å²) in [4.78, 5) is 26.6. The number of rotatable bonds is 5. The second-order valence-electron chi connectivity index (χ2n) is 7.68. The van der Waals surface area contributed by atoms with E-state index in [0.717, 1.165) is 27.9 Å². The molecule has 0 unspecified atom stereocenters. The summed E-state index contributed by atoms with van der Waals surface area (Å²) in [5.74, 6) is 1.03. The van der Waals surface area contributed by atoms with Crippen LogP contribution in [0.2, 0.25) is 0 Å². The molecule has 0 aliphatic heterocycles. The van der Waals surface area contributed by atoms with Crippen molar-refractivity contribution >= 4 is 34.2 Å². The van der Waals surface area contributed by atoms with Gasteiger partial charge in [0.05, 0.1) is 29.5 Å². The third kappa shape index (κ3) is 3.65. The highest BCUT2D eigenvalue weighted by molar-refractivity contribution is 6.04. The van der Waals surface area contributed by atoms with Gasteiger partial charge in [-0.15, -0.1) is 0 Å². The number of nitrogens with one attached hydrogen (secondary N) is 2. The van der Waals surface area contributed by atoms with Crippen LogP contribution in [0.3, 0.4) is 0 Å². The molecule has 0 saturated carbocycles. The molecule has 3 heterocycles. The Kier molecular flexibility index (Phi) is 4.99. The van der Waals surface area contributed by atoms with Crippen LogP contribution in [-0.2, 0) is 6.54 Å². The molecular formula is C25H22N6O. The Morgan fingerprint density at radius 3 is 2.53 bits per heavy atom. The fourth-order valence-corrected chi connectivity index (χ4v) is 3.65. The maximum atomic E-state index is 12.8. The summed E-state index contributed by atoms with van der Waals surface area (Å²) in [6, 6.07) is 19.1. The van der Waals surface area contributed by atoms with E-state index in [9.17, 15) is 4.79 Å². The lowest BCUT2D eigenvalue weighted by atomic mass is 10.1. The zero-order valence-electron chi connectivity index (χ0n) is 17.8. The van der Waals surface area contributed by atoms with E-state index in [1.807, 2.05) is 40.8 Å². The van der Waals surface area contributed by atoms with Crippen molar-refractivity contribution in [1.82, 2.24) is 19.4 Å². The van der Waals surface area contributed by atoms with Crippen molar-refractivity contribution in [2.24, 2.45) is 0 Å². The minimum Gasteiger partial charge on any atom is -0.361 e. The summed E-state index contributed by atoms with van der Waals surface area (Å²) in [6.45, 7) is 4.64. The van der Waals surface area contributed by atoms with Crippen LogP contribution < -0.4 is 10.6 Å². The van der Waals surface area contributed by atoms with Gasteiger partial charge in [0.1, 0.15) is 5.82 Å². The zero-order chi connectivity index (χ0) is 22.1. The van der Waals surface area contributed by atoms with Gasteiger partial charge < -0.3 is 10.6 Å². The monoisotopic (exact) mass is 422 g/mol. The molecule has 32 heavy (non-hydrogen) atoms. The van der Waals surface area contributed by atoms with Gasteiger partial charge >= 0.3 is 0 Å². The predicted molar refractivity (Wildman–Crippen MR) is 126 cm³/mol. The Labute approximate surface area is 185 Å². The van der Waals surface area contributed by atoms with Crippen molar-refractivity contribution in [1.29, 1.82) is 0 Å². The quantitative estimate of drug-likeness (QED) is 0.427. The second kappa shape index (κ2) is 8.11. The third-order valence-corrected chi connectivity index (χ3v) is 5.48.